The highest BCUT2D eigenvalue weighted by molar-refractivity contribution is 5.87. The van der Waals surface area contributed by atoms with Crippen molar-refractivity contribution >= 4 is 11.7 Å². The lowest BCUT2D eigenvalue weighted by molar-refractivity contribution is 0.0697. The number of hydrogen-bond acceptors (Lipinski definition) is 4. The molecular formula is C31H27N3O3. The van der Waals surface area contributed by atoms with E-state index >= 15 is 0 Å². The largest absolute Gasteiger partial charge is 0.478 e. The van der Waals surface area contributed by atoms with Gasteiger partial charge >= 0.3 is 5.97 Å². The molecule has 5 rings (SSSR count). The molecule has 4 aromatic rings. The molecule has 37 heavy (non-hydrogen) atoms. The van der Waals surface area contributed by atoms with Gasteiger partial charge in [0, 0.05) is 40.6 Å². The van der Waals surface area contributed by atoms with Gasteiger partial charge in [0.2, 0.25) is 0 Å². The second-order valence-corrected chi connectivity index (χ2v) is 8.66. The molecule has 1 aliphatic rings. The smallest absolute Gasteiger partial charge is 0.335 e. The number of aromatic nitrogens is 3. The molecule has 1 N–H and O–H groups in total. The molecule has 0 fully saturated rings. The lowest BCUT2D eigenvalue weighted by atomic mass is 10.0. The molecule has 0 saturated carbocycles. The fourth-order valence-corrected chi connectivity index (χ4v) is 4.57. The molecule has 0 saturated heterocycles. The van der Waals surface area contributed by atoms with Crippen molar-refractivity contribution in [3.05, 3.63) is 114 Å². The third-order valence-corrected chi connectivity index (χ3v) is 6.43. The van der Waals surface area contributed by atoms with E-state index < -0.39 is 5.97 Å². The lowest BCUT2D eigenvalue weighted by Crippen LogP contribution is -2.11. The number of allylic oxidation sites excluding steroid dienone is 2. The fourth-order valence-electron chi connectivity index (χ4n) is 4.57. The van der Waals surface area contributed by atoms with Gasteiger partial charge in [-0.05, 0) is 49.2 Å². The summed E-state index contributed by atoms with van der Waals surface area (Å²) in [6, 6.07) is 20.7. The van der Waals surface area contributed by atoms with Crippen LogP contribution in [-0.4, -0.2) is 25.8 Å². The topological polar surface area (TPSA) is 77.2 Å². The highest BCUT2D eigenvalue weighted by atomic mass is 16.5. The molecule has 2 aromatic carbocycles. The van der Waals surface area contributed by atoms with Gasteiger partial charge < -0.3 is 9.84 Å². The van der Waals surface area contributed by atoms with E-state index in [0.717, 1.165) is 52.2 Å². The van der Waals surface area contributed by atoms with Crippen LogP contribution >= 0.6 is 0 Å². The summed E-state index contributed by atoms with van der Waals surface area (Å²) in [6.07, 6.45) is 7.89. The summed E-state index contributed by atoms with van der Waals surface area (Å²) in [4.78, 5) is 15.9. The number of nitrogens with zero attached hydrogens (tertiary/aromatic N) is 3. The molecule has 0 bridgehead atoms. The van der Waals surface area contributed by atoms with Crippen LogP contribution in [0.15, 0.2) is 102 Å². The summed E-state index contributed by atoms with van der Waals surface area (Å²) >= 11 is 0. The number of hydrogen-bond donors (Lipinski definition) is 1. The van der Waals surface area contributed by atoms with Crippen molar-refractivity contribution in [2.45, 2.75) is 33.1 Å². The van der Waals surface area contributed by atoms with Gasteiger partial charge in [-0.3, -0.25) is 4.98 Å². The molecule has 0 unspecified atom stereocenters. The van der Waals surface area contributed by atoms with Gasteiger partial charge in [0.1, 0.15) is 5.75 Å². The summed E-state index contributed by atoms with van der Waals surface area (Å²) < 4.78 is 8.22. The Bertz CT molecular complexity index is 1520. The molecule has 0 radical (unpaired) electrons. The van der Waals surface area contributed by atoms with Crippen molar-refractivity contribution in [1.29, 1.82) is 0 Å². The van der Waals surface area contributed by atoms with Crippen molar-refractivity contribution in [3.8, 4) is 28.1 Å². The predicted octanol–water partition coefficient (Wildman–Crippen LogP) is 7.02. The van der Waals surface area contributed by atoms with Crippen LogP contribution in [0.25, 0.3) is 28.1 Å². The van der Waals surface area contributed by atoms with Crippen molar-refractivity contribution in [2.75, 3.05) is 0 Å². The first-order chi connectivity index (χ1) is 18.1. The van der Waals surface area contributed by atoms with Crippen LogP contribution in [0, 0.1) is 0 Å². The molecule has 0 amide bonds. The van der Waals surface area contributed by atoms with Crippen LogP contribution in [-0.2, 0) is 6.42 Å². The first kappa shape index (κ1) is 24.0. The Labute approximate surface area is 215 Å². The first-order valence-corrected chi connectivity index (χ1v) is 12.4. The van der Waals surface area contributed by atoms with Crippen LogP contribution in [0.1, 0.15) is 42.7 Å². The van der Waals surface area contributed by atoms with Crippen molar-refractivity contribution < 1.29 is 14.6 Å². The number of carboxylic acid groups (broad SMARTS) is 1. The SMILES string of the molecule is CCC1=C(CC)n2ncc(-c3ccc(-c4ccccc4)nc3)c2CC=C=C1Oc1ccc(C(=O)O)cc1. The van der Waals surface area contributed by atoms with E-state index in [4.69, 9.17) is 14.8 Å². The minimum Gasteiger partial charge on any atom is -0.478 e. The Kier molecular flexibility index (Phi) is 6.84. The number of carbonyl (C=O) groups is 1. The Balaban J connectivity index is 1.50. The van der Waals surface area contributed by atoms with Gasteiger partial charge in [0.05, 0.1) is 23.1 Å². The molecule has 0 aliphatic carbocycles. The van der Waals surface area contributed by atoms with Crippen molar-refractivity contribution in [1.82, 2.24) is 14.8 Å². The first-order valence-electron chi connectivity index (χ1n) is 12.4. The van der Waals surface area contributed by atoms with Crippen LogP contribution in [0.5, 0.6) is 5.75 Å². The van der Waals surface area contributed by atoms with Crippen molar-refractivity contribution in [3.63, 3.8) is 0 Å². The maximum Gasteiger partial charge on any atom is 0.335 e. The normalized spacial score (nSPS) is 13.0. The van der Waals surface area contributed by atoms with E-state index in [9.17, 15) is 9.90 Å². The Morgan fingerprint density at radius 2 is 1.76 bits per heavy atom. The number of aromatic carboxylic acids is 1. The summed E-state index contributed by atoms with van der Waals surface area (Å²) in [5.74, 6) is 0.221. The van der Waals surface area contributed by atoms with Crippen LogP contribution in [0.4, 0.5) is 0 Å². The summed E-state index contributed by atoms with van der Waals surface area (Å²) in [5, 5.41) is 14.0. The molecule has 184 valence electrons. The zero-order chi connectivity index (χ0) is 25.8. The van der Waals surface area contributed by atoms with Crippen LogP contribution in [0.3, 0.4) is 0 Å². The average Bonchev–Trinajstić information content (AvgIpc) is 3.33. The number of benzene rings is 2. The third-order valence-electron chi connectivity index (χ3n) is 6.43. The Morgan fingerprint density at radius 3 is 2.41 bits per heavy atom. The Morgan fingerprint density at radius 1 is 0.973 bits per heavy atom. The van der Waals surface area contributed by atoms with Crippen LogP contribution in [0.2, 0.25) is 0 Å². The van der Waals surface area contributed by atoms with E-state index in [0.29, 0.717) is 17.9 Å². The highest BCUT2D eigenvalue weighted by Gasteiger charge is 2.21. The van der Waals surface area contributed by atoms with E-state index in [1.54, 1.807) is 12.1 Å². The molecule has 1 aliphatic heterocycles. The maximum absolute atomic E-state index is 11.2. The zero-order valence-electron chi connectivity index (χ0n) is 20.8. The van der Waals surface area contributed by atoms with Gasteiger partial charge in [0.25, 0.3) is 0 Å². The van der Waals surface area contributed by atoms with Crippen LogP contribution < -0.4 is 4.74 Å². The molecule has 6 heteroatoms. The van der Waals surface area contributed by atoms with E-state index in [1.807, 2.05) is 47.4 Å². The minimum atomic E-state index is -0.967. The zero-order valence-corrected chi connectivity index (χ0v) is 20.8. The molecule has 0 atom stereocenters. The molecule has 2 aromatic heterocycles. The van der Waals surface area contributed by atoms with Gasteiger partial charge in [0.15, 0.2) is 5.76 Å². The number of rotatable bonds is 7. The average molecular weight is 490 g/mol. The number of fused-ring (bicyclic) bond motifs is 1. The monoisotopic (exact) mass is 489 g/mol. The molecule has 6 nitrogen and oxygen atoms in total. The van der Waals surface area contributed by atoms with Gasteiger partial charge in [-0.1, -0.05) is 56.0 Å². The number of pyridine rings is 1. The predicted molar refractivity (Wildman–Crippen MR) is 144 cm³/mol. The molecule has 3 heterocycles. The second kappa shape index (κ2) is 10.5. The van der Waals surface area contributed by atoms with E-state index in [2.05, 4.69) is 37.8 Å². The lowest BCUT2D eigenvalue weighted by Gasteiger charge is -2.19. The third kappa shape index (κ3) is 4.88. The molecule has 0 spiro atoms. The van der Waals surface area contributed by atoms with E-state index in [1.165, 1.54) is 12.1 Å². The number of carboxylic acids is 1. The van der Waals surface area contributed by atoms with Gasteiger partial charge in [-0.25, -0.2) is 9.48 Å². The quantitative estimate of drug-likeness (QED) is 0.282. The summed E-state index contributed by atoms with van der Waals surface area (Å²) in [6.45, 7) is 4.19. The Hall–Kier alpha value is -4.67. The minimum absolute atomic E-state index is 0.218. The van der Waals surface area contributed by atoms with Gasteiger partial charge in [-0.15, -0.1) is 0 Å². The standard InChI is InChI=1S/C31H27N3O3/c1-3-25-28(4-2)34-29(11-8-12-30(25)37-24-16-13-22(14-17-24)31(35)36)26(20-33-34)23-15-18-27(32-19-23)21-9-6-5-7-10-21/h5-10,13-20H,3-4,11H2,1-2H3,(H,35,36). The summed E-state index contributed by atoms with van der Waals surface area (Å²) in [5.41, 5.74) is 10.8. The van der Waals surface area contributed by atoms with Crippen molar-refractivity contribution in [2.24, 2.45) is 0 Å². The summed E-state index contributed by atoms with van der Waals surface area (Å²) in [7, 11) is 0. The fraction of sp³-hybridized carbons (Fsp3) is 0.161. The number of ether oxygens (including phenoxy) is 1. The molecular weight excluding hydrogens is 462 g/mol. The van der Waals surface area contributed by atoms with E-state index in [-0.39, 0.29) is 5.56 Å². The van der Waals surface area contributed by atoms with Gasteiger partial charge in [-0.2, -0.15) is 5.10 Å². The maximum atomic E-state index is 11.2. The highest BCUT2D eigenvalue weighted by Crippen LogP contribution is 2.33. The second-order valence-electron chi connectivity index (χ2n) is 8.66.